The topological polar surface area (TPSA) is 144 Å². The summed E-state index contributed by atoms with van der Waals surface area (Å²) in [6.07, 6.45) is 0.623. The molecule has 4 atom stereocenters. The number of anilines is 1. The van der Waals surface area contributed by atoms with Crippen LogP contribution in [0.5, 0.6) is 0 Å². The molecule has 2 aromatic rings. The summed E-state index contributed by atoms with van der Waals surface area (Å²) in [5, 5.41) is 4.94. The SMILES string of the molecule is CN(C)c1ncnc2c1ncn2[C@@H]1O[C@H](COS(N)(=O)=O)[C@H]2OC(C)(C)O[C@H]21. The van der Waals surface area contributed by atoms with Crippen molar-refractivity contribution >= 4 is 27.3 Å². The summed E-state index contributed by atoms with van der Waals surface area (Å²) in [6, 6.07) is 0. The zero-order valence-electron chi connectivity index (χ0n) is 15.8. The second kappa shape index (κ2) is 6.57. The van der Waals surface area contributed by atoms with E-state index in [1.807, 2.05) is 19.0 Å². The van der Waals surface area contributed by atoms with Gasteiger partial charge in [-0.25, -0.2) is 20.1 Å². The molecule has 0 unspecified atom stereocenters. The summed E-state index contributed by atoms with van der Waals surface area (Å²) < 4.78 is 46.8. The van der Waals surface area contributed by atoms with E-state index in [0.717, 1.165) is 0 Å². The van der Waals surface area contributed by atoms with Gasteiger partial charge in [-0.15, -0.1) is 0 Å². The van der Waals surface area contributed by atoms with Crippen molar-refractivity contribution in [3.63, 3.8) is 0 Å². The van der Waals surface area contributed by atoms with Crippen molar-refractivity contribution in [3.8, 4) is 0 Å². The Balaban J connectivity index is 1.69. The van der Waals surface area contributed by atoms with E-state index in [4.69, 9.17) is 23.5 Å². The Morgan fingerprint density at radius 3 is 2.64 bits per heavy atom. The average molecular weight is 414 g/mol. The second-order valence-electron chi connectivity index (χ2n) is 7.32. The molecule has 13 heteroatoms. The molecule has 154 valence electrons. The molecule has 2 fully saturated rings. The summed E-state index contributed by atoms with van der Waals surface area (Å²) in [4.78, 5) is 14.8. The van der Waals surface area contributed by atoms with Crippen molar-refractivity contribution in [1.82, 2.24) is 19.5 Å². The van der Waals surface area contributed by atoms with Crippen LogP contribution in [-0.2, 0) is 28.7 Å². The summed E-state index contributed by atoms with van der Waals surface area (Å²) in [7, 11) is -0.390. The van der Waals surface area contributed by atoms with E-state index in [2.05, 4.69) is 15.0 Å². The standard InChI is InChI=1S/C15H22N6O6S/c1-15(2)26-10-8(5-24-28(16,22)23)25-14(11(10)27-15)21-7-19-9-12(20(3)4)17-6-18-13(9)21/h6-8,10-11,14H,5H2,1-4H3,(H2,16,22,23)/t8-,10-,11-,14-/m1/s1. The van der Waals surface area contributed by atoms with E-state index < -0.39 is 40.6 Å². The number of rotatable bonds is 5. The van der Waals surface area contributed by atoms with E-state index in [-0.39, 0.29) is 6.61 Å². The van der Waals surface area contributed by atoms with E-state index in [0.29, 0.717) is 17.0 Å². The van der Waals surface area contributed by atoms with Crippen LogP contribution in [0.15, 0.2) is 12.7 Å². The number of ether oxygens (including phenoxy) is 3. The molecule has 28 heavy (non-hydrogen) atoms. The van der Waals surface area contributed by atoms with Gasteiger partial charge >= 0.3 is 10.3 Å². The van der Waals surface area contributed by atoms with Crippen molar-refractivity contribution in [2.45, 2.75) is 44.2 Å². The lowest BCUT2D eigenvalue weighted by atomic mass is 10.1. The van der Waals surface area contributed by atoms with Gasteiger partial charge in [0, 0.05) is 14.1 Å². The number of nitrogens with zero attached hydrogens (tertiary/aromatic N) is 5. The van der Waals surface area contributed by atoms with Gasteiger partial charge in [-0.05, 0) is 13.8 Å². The number of imidazole rings is 1. The van der Waals surface area contributed by atoms with Crippen molar-refractivity contribution < 1.29 is 26.8 Å². The molecule has 2 aliphatic rings. The fourth-order valence-corrected chi connectivity index (χ4v) is 3.86. The predicted molar refractivity (Wildman–Crippen MR) is 96.4 cm³/mol. The third-order valence-corrected chi connectivity index (χ3v) is 5.02. The van der Waals surface area contributed by atoms with E-state index in [9.17, 15) is 8.42 Å². The molecule has 0 aromatic carbocycles. The van der Waals surface area contributed by atoms with Crippen LogP contribution in [0.3, 0.4) is 0 Å². The highest BCUT2D eigenvalue weighted by Crippen LogP contribution is 2.44. The normalized spacial score (nSPS) is 29.3. The molecule has 0 bridgehead atoms. The Morgan fingerprint density at radius 1 is 1.25 bits per heavy atom. The van der Waals surface area contributed by atoms with Gasteiger partial charge in [0.2, 0.25) is 0 Å². The fraction of sp³-hybridized carbons (Fsp3) is 0.667. The molecule has 0 aliphatic carbocycles. The van der Waals surface area contributed by atoms with Crippen molar-refractivity contribution in [1.29, 1.82) is 0 Å². The molecular weight excluding hydrogens is 392 g/mol. The first kappa shape index (κ1) is 19.4. The minimum absolute atomic E-state index is 0.291. The summed E-state index contributed by atoms with van der Waals surface area (Å²) in [5.41, 5.74) is 1.17. The minimum atomic E-state index is -4.11. The molecule has 2 N–H and O–H groups in total. The molecular formula is C15H22N6O6S. The van der Waals surface area contributed by atoms with Gasteiger partial charge in [-0.3, -0.25) is 8.75 Å². The Bertz CT molecular complexity index is 992. The van der Waals surface area contributed by atoms with E-state index >= 15 is 0 Å². The van der Waals surface area contributed by atoms with Gasteiger partial charge in [0.15, 0.2) is 29.0 Å². The van der Waals surface area contributed by atoms with Gasteiger partial charge in [-0.1, -0.05) is 0 Å². The van der Waals surface area contributed by atoms with E-state index in [1.54, 1.807) is 24.7 Å². The van der Waals surface area contributed by atoms with Crippen LogP contribution in [-0.4, -0.2) is 72.7 Å². The number of fused-ring (bicyclic) bond motifs is 2. The van der Waals surface area contributed by atoms with Crippen LogP contribution in [0.25, 0.3) is 11.2 Å². The van der Waals surface area contributed by atoms with Crippen LogP contribution < -0.4 is 10.0 Å². The molecule has 4 heterocycles. The maximum absolute atomic E-state index is 11.2. The second-order valence-corrected chi connectivity index (χ2v) is 8.54. The third kappa shape index (κ3) is 3.44. The Morgan fingerprint density at radius 2 is 1.96 bits per heavy atom. The number of hydrogen-bond donors (Lipinski definition) is 1. The molecule has 0 spiro atoms. The maximum atomic E-state index is 11.2. The maximum Gasteiger partial charge on any atom is 0.333 e. The molecule has 12 nitrogen and oxygen atoms in total. The molecule has 0 amide bonds. The Labute approximate surface area is 161 Å². The summed E-state index contributed by atoms with van der Waals surface area (Å²) in [5.74, 6) is -0.200. The molecule has 0 radical (unpaired) electrons. The lowest BCUT2D eigenvalue weighted by Gasteiger charge is -2.24. The minimum Gasteiger partial charge on any atom is -0.361 e. The van der Waals surface area contributed by atoms with E-state index in [1.165, 1.54) is 6.33 Å². The van der Waals surface area contributed by atoms with Crippen LogP contribution in [0.4, 0.5) is 5.82 Å². The smallest absolute Gasteiger partial charge is 0.333 e. The Kier molecular flexibility index (Phi) is 4.56. The molecule has 2 aliphatic heterocycles. The third-order valence-electron chi connectivity index (χ3n) is 4.56. The van der Waals surface area contributed by atoms with Gasteiger partial charge in [0.1, 0.15) is 24.6 Å². The lowest BCUT2D eigenvalue weighted by molar-refractivity contribution is -0.198. The first-order valence-corrected chi connectivity index (χ1v) is 10.1. The monoisotopic (exact) mass is 414 g/mol. The molecule has 4 rings (SSSR count). The molecule has 2 saturated heterocycles. The van der Waals surface area contributed by atoms with Crippen LogP contribution >= 0.6 is 0 Å². The summed E-state index contributed by atoms with van der Waals surface area (Å²) >= 11 is 0. The number of hydrogen-bond acceptors (Lipinski definition) is 10. The quantitative estimate of drug-likeness (QED) is 0.681. The fourth-order valence-electron chi connectivity index (χ4n) is 3.53. The van der Waals surface area contributed by atoms with Crippen molar-refractivity contribution in [2.24, 2.45) is 5.14 Å². The molecule has 0 saturated carbocycles. The van der Waals surface area contributed by atoms with Crippen molar-refractivity contribution in [3.05, 3.63) is 12.7 Å². The van der Waals surface area contributed by atoms with Gasteiger partial charge in [-0.2, -0.15) is 8.42 Å². The highest BCUT2D eigenvalue weighted by atomic mass is 32.2. The predicted octanol–water partition coefficient (Wildman–Crippen LogP) is -0.470. The van der Waals surface area contributed by atoms with Gasteiger partial charge < -0.3 is 19.1 Å². The van der Waals surface area contributed by atoms with Crippen molar-refractivity contribution in [2.75, 3.05) is 25.6 Å². The number of nitrogens with two attached hydrogens (primary N) is 1. The Hall–Kier alpha value is -1.90. The zero-order chi connectivity index (χ0) is 20.3. The van der Waals surface area contributed by atoms with Gasteiger partial charge in [0.05, 0.1) is 12.9 Å². The first-order valence-electron chi connectivity index (χ1n) is 8.59. The first-order chi connectivity index (χ1) is 13.1. The summed E-state index contributed by atoms with van der Waals surface area (Å²) in [6.45, 7) is 3.26. The van der Waals surface area contributed by atoms with Crippen LogP contribution in [0.1, 0.15) is 20.1 Å². The highest BCUT2D eigenvalue weighted by Gasteiger charge is 2.56. The van der Waals surface area contributed by atoms with Crippen LogP contribution in [0.2, 0.25) is 0 Å². The van der Waals surface area contributed by atoms with Gasteiger partial charge in [0.25, 0.3) is 0 Å². The molecule has 2 aromatic heterocycles. The largest absolute Gasteiger partial charge is 0.361 e. The van der Waals surface area contributed by atoms with Crippen LogP contribution in [0, 0.1) is 0 Å². The highest BCUT2D eigenvalue weighted by molar-refractivity contribution is 7.84. The average Bonchev–Trinajstić information content (AvgIpc) is 3.22. The lowest BCUT2D eigenvalue weighted by Crippen LogP contribution is -2.34. The zero-order valence-corrected chi connectivity index (χ0v) is 16.7. The number of aromatic nitrogens is 4.